The van der Waals surface area contributed by atoms with E-state index in [4.69, 9.17) is 9.84 Å². The van der Waals surface area contributed by atoms with Crippen LogP contribution in [0.3, 0.4) is 0 Å². The molecule has 0 aliphatic carbocycles. The van der Waals surface area contributed by atoms with Crippen LogP contribution in [0.25, 0.3) is 0 Å². The predicted molar refractivity (Wildman–Crippen MR) is 74.1 cm³/mol. The molecule has 1 aromatic carbocycles. The molecule has 1 aromatic rings. The van der Waals surface area contributed by atoms with Crippen molar-refractivity contribution in [3.05, 3.63) is 29.8 Å². The summed E-state index contributed by atoms with van der Waals surface area (Å²) in [6, 6.07) is 5.87. The first-order chi connectivity index (χ1) is 9.35. The van der Waals surface area contributed by atoms with E-state index >= 15 is 0 Å². The zero-order chi connectivity index (χ0) is 15.2. The third-order valence-electron chi connectivity index (χ3n) is 2.63. The molecule has 0 bridgehead atoms. The van der Waals surface area contributed by atoms with Gasteiger partial charge in [-0.3, -0.25) is 4.79 Å². The number of carbonyl (C=O) groups is 1. The van der Waals surface area contributed by atoms with Crippen LogP contribution >= 0.6 is 0 Å². The van der Waals surface area contributed by atoms with E-state index in [9.17, 15) is 13.2 Å². The number of aliphatic carboxylic acids is 1. The molecule has 0 radical (unpaired) electrons. The van der Waals surface area contributed by atoms with Crippen molar-refractivity contribution in [3.63, 3.8) is 0 Å². The van der Waals surface area contributed by atoms with Crippen molar-refractivity contribution in [1.29, 1.82) is 0 Å². The van der Waals surface area contributed by atoms with Crippen LogP contribution in [-0.4, -0.2) is 39.3 Å². The van der Waals surface area contributed by atoms with Gasteiger partial charge in [-0.2, -0.15) is 0 Å². The lowest BCUT2D eigenvalue weighted by Gasteiger charge is -2.13. The van der Waals surface area contributed by atoms with Crippen molar-refractivity contribution >= 4 is 16.0 Å². The number of rotatable bonds is 8. The van der Waals surface area contributed by atoms with Crippen LogP contribution < -0.4 is 4.72 Å². The lowest BCUT2D eigenvalue weighted by Crippen LogP contribution is -2.35. The monoisotopic (exact) mass is 301 g/mol. The quantitative estimate of drug-likeness (QED) is 0.747. The first-order valence-corrected chi connectivity index (χ1v) is 7.65. The maximum atomic E-state index is 12.0. The zero-order valence-electron chi connectivity index (χ0n) is 11.5. The van der Waals surface area contributed by atoms with Gasteiger partial charge in [-0.05, 0) is 31.0 Å². The molecule has 1 rings (SSSR count). The molecule has 1 unspecified atom stereocenters. The average Bonchev–Trinajstić information content (AvgIpc) is 2.36. The van der Waals surface area contributed by atoms with Crippen LogP contribution in [0.4, 0.5) is 0 Å². The van der Waals surface area contributed by atoms with E-state index in [2.05, 4.69) is 4.72 Å². The Hall–Kier alpha value is -1.44. The Morgan fingerprint density at radius 1 is 1.35 bits per heavy atom. The highest BCUT2D eigenvalue weighted by atomic mass is 32.2. The van der Waals surface area contributed by atoms with Gasteiger partial charge in [-0.25, -0.2) is 13.1 Å². The first-order valence-electron chi connectivity index (χ1n) is 6.17. The highest BCUT2D eigenvalue weighted by Gasteiger charge is 2.17. The minimum atomic E-state index is -3.58. The van der Waals surface area contributed by atoms with E-state index in [0.29, 0.717) is 6.42 Å². The van der Waals surface area contributed by atoms with E-state index in [0.717, 1.165) is 5.56 Å². The van der Waals surface area contributed by atoms with Gasteiger partial charge in [0, 0.05) is 19.6 Å². The number of nitrogens with one attached hydrogen (secondary N) is 1. The van der Waals surface area contributed by atoms with E-state index in [-0.39, 0.29) is 24.0 Å². The van der Waals surface area contributed by atoms with Crippen molar-refractivity contribution in [2.75, 3.05) is 13.7 Å². The number of methoxy groups -OCH3 is 1. The molecule has 0 aromatic heterocycles. The number of sulfonamides is 1. The van der Waals surface area contributed by atoms with Gasteiger partial charge in [-0.15, -0.1) is 0 Å². The maximum absolute atomic E-state index is 12.0. The van der Waals surface area contributed by atoms with Crippen molar-refractivity contribution in [2.45, 2.75) is 30.7 Å². The van der Waals surface area contributed by atoms with Crippen LogP contribution in [-0.2, 0) is 26.0 Å². The van der Waals surface area contributed by atoms with Crippen molar-refractivity contribution in [3.8, 4) is 0 Å². The van der Waals surface area contributed by atoms with Crippen molar-refractivity contribution < 1.29 is 23.1 Å². The fraction of sp³-hybridized carbons (Fsp3) is 0.462. The second kappa shape index (κ2) is 7.37. The molecule has 0 aliphatic rings. The van der Waals surface area contributed by atoms with Gasteiger partial charge in [0.25, 0.3) is 0 Å². The summed E-state index contributed by atoms with van der Waals surface area (Å²) in [6.45, 7) is 2.00. The molecule has 0 fully saturated rings. The molecule has 2 N–H and O–H groups in total. The lowest BCUT2D eigenvalue weighted by molar-refractivity contribution is -0.136. The number of hydrogen-bond acceptors (Lipinski definition) is 4. The highest BCUT2D eigenvalue weighted by Crippen LogP contribution is 2.12. The molecular weight excluding hydrogens is 282 g/mol. The topological polar surface area (TPSA) is 92.7 Å². The van der Waals surface area contributed by atoms with Gasteiger partial charge in [-0.1, -0.05) is 12.1 Å². The third-order valence-corrected chi connectivity index (χ3v) is 4.24. The summed E-state index contributed by atoms with van der Waals surface area (Å²) in [5.74, 6) is -0.878. The number of aryl methyl sites for hydroxylation is 1. The Morgan fingerprint density at radius 2 is 1.95 bits per heavy atom. The summed E-state index contributed by atoms with van der Waals surface area (Å²) in [5, 5.41) is 8.59. The third kappa shape index (κ3) is 5.28. The van der Waals surface area contributed by atoms with Crippen LogP contribution in [0.5, 0.6) is 0 Å². The summed E-state index contributed by atoms with van der Waals surface area (Å²) in [7, 11) is -2.07. The summed E-state index contributed by atoms with van der Waals surface area (Å²) < 4.78 is 31.4. The average molecular weight is 301 g/mol. The SMILES string of the molecule is COCC(C)NS(=O)(=O)c1ccc(CCC(=O)O)cc1. The van der Waals surface area contributed by atoms with Gasteiger partial charge in [0.05, 0.1) is 11.5 Å². The van der Waals surface area contributed by atoms with Gasteiger partial charge in [0.15, 0.2) is 0 Å². The molecular formula is C13H19NO5S. The first kappa shape index (κ1) is 16.6. The number of hydrogen-bond donors (Lipinski definition) is 2. The minimum absolute atomic E-state index is 0.0230. The summed E-state index contributed by atoms with van der Waals surface area (Å²) >= 11 is 0. The number of carboxylic acid groups (broad SMARTS) is 1. The number of carboxylic acids is 1. The molecule has 0 saturated heterocycles. The number of ether oxygens (including phenoxy) is 1. The van der Waals surface area contributed by atoms with Crippen LogP contribution in [0.2, 0.25) is 0 Å². The van der Waals surface area contributed by atoms with Crippen molar-refractivity contribution in [1.82, 2.24) is 4.72 Å². The molecule has 112 valence electrons. The Kier molecular flexibility index (Phi) is 6.12. The fourth-order valence-corrected chi connectivity index (χ4v) is 2.93. The molecule has 7 heteroatoms. The highest BCUT2D eigenvalue weighted by molar-refractivity contribution is 7.89. The zero-order valence-corrected chi connectivity index (χ0v) is 12.3. The van der Waals surface area contributed by atoms with E-state index in [1.807, 2.05) is 0 Å². The minimum Gasteiger partial charge on any atom is -0.481 e. The smallest absolute Gasteiger partial charge is 0.303 e. The largest absolute Gasteiger partial charge is 0.481 e. The van der Waals surface area contributed by atoms with Gasteiger partial charge < -0.3 is 9.84 Å². The second-order valence-corrected chi connectivity index (χ2v) is 6.23. The van der Waals surface area contributed by atoms with Crippen LogP contribution in [0, 0.1) is 0 Å². The van der Waals surface area contributed by atoms with Gasteiger partial charge in [0.2, 0.25) is 10.0 Å². The molecule has 0 amide bonds. The molecule has 0 saturated carbocycles. The van der Waals surface area contributed by atoms with Crippen LogP contribution in [0.1, 0.15) is 18.9 Å². The fourth-order valence-electron chi connectivity index (χ4n) is 1.70. The molecule has 0 spiro atoms. The lowest BCUT2D eigenvalue weighted by atomic mass is 10.1. The summed E-state index contributed by atoms with van der Waals surface area (Å²) in [6.07, 6.45) is 0.401. The normalized spacial score (nSPS) is 13.1. The maximum Gasteiger partial charge on any atom is 0.303 e. The second-order valence-electron chi connectivity index (χ2n) is 4.52. The van der Waals surface area contributed by atoms with E-state index in [1.165, 1.54) is 19.2 Å². The Balaban J connectivity index is 2.74. The molecule has 1 atom stereocenters. The van der Waals surface area contributed by atoms with Crippen LogP contribution in [0.15, 0.2) is 29.2 Å². The summed E-state index contributed by atoms with van der Waals surface area (Å²) in [5.41, 5.74) is 0.788. The summed E-state index contributed by atoms with van der Waals surface area (Å²) in [4.78, 5) is 10.6. The van der Waals surface area contributed by atoms with E-state index < -0.39 is 16.0 Å². The molecule has 20 heavy (non-hydrogen) atoms. The Bertz CT molecular complexity index is 538. The molecule has 0 aliphatic heterocycles. The Morgan fingerprint density at radius 3 is 2.45 bits per heavy atom. The van der Waals surface area contributed by atoms with Gasteiger partial charge in [0.1, 0.15) is 0 Å². The molecule has 0 heterocycles. The molecule has 6 nitrogen and oxygen atoms in total. The predicted octanol–water partition coefficient (Wildman–Crippen LogP) is 1.02. The van der Waals surface area contributed by atoms with E-state index in [1.54, 1.807) is 19.1 Å². The van der Waals surface area contributed by atoms with Crippen molar-refractivity contribution in [2.24, 2.45) is 0 Å². The van der Waals surface area contributed by atoms with Gasteiger partial charge >= 0.3 is 5.97 Å². The number of benzene rings is 1. The standard InChI is InChI=1S/C13H19NO5S/c1-10(9-19-2)14-20(17,18)12-6-3-11(4-7-12)5-8-13(15)16/h3-4,6-7,10,14H,5,8-9H2,1-2H3,(H,15,16). The Labute approximate surface area is 118 Å².